The number of methoxy groups -OCH3 is 1. The van der Waals surface area contributed by atoms with Gasteiger partial charge >= 0.3 is 5.97 Å². The number of likely N-dealkylation sites (tertiary alicyclic amines) is 1. The Hall–Kier alpha value is -1.41. The van der Waals surface area contributed by atoms with Crippen LogP contribution in [0.2, 0.25) is 0 Å². The van der Waals surface area contributed by atoms with Gasteiger partial charge < -0.3 is 9.64 Å². The average Bonchev–Trinajstić information content (AvgIpc) is 3.23. The molecule has 2 fully saturated rings. The van der Waals surface area contributed by atoms with Crippen LogP contribution in [0.3, 0.4) is 0 Å². The summed E-state index contributed by atoms with van der Waals surface area (Å²) in [6, 6.07) is 1.96. The first-order chi connectivity index (χ1) is 10.9. The van der Waals surface area contributed by atoms with Gasteiger partial charge in [-0.25, -0.2) is 8.42 Å². The predicted molar refractivity (Wildman–Crippen MR) is 85.9 cm³/mol. The van der Waals surface area contributed by atoms with E-state index in [0.29, 0.717) is 19.5 Å². The van der Waals surface area contributed by atoms with Crippen molar-refractivity contribution in [1.82, 2.24) is 4.90 Å². The molecule has 2 aliphatic rings. The molecule has 126 valence electrons. The maximum atomic E-state index is 12.6. The topological polar surface area (TPSA) is 80.8 Å². The molecule has 1 aromatic rings. The highest BCUT2D eigenvalue weighted by Crippen LogP contribution is 2.36. The number of rotatable bonds is 3. The summed E-state index contributed by atoms with van der Waals surface area (Å²) in [4.78, 5) is 26.3. The van der Waals surface area contributed by atoms with Gasteiger partial charge in [0, 0.05) is 19.0 Å². The molecule has 23 heavy (non-hydrogen) atoms. The maximum Gasteiger partial charge on any atom is 0.311 e. The van der Waals surface area contributed by atoms with Gasteiger partial charge in [-0.3, -0.25) is 9.59 Å². The molecule has 0 unspecified atom stereocenters. The fraction of sp³-hybridized carbons (Fsp3) is 0.600. The second kappa shape index (κ2) is 6.24. The molecule has 1 amide bonds. The zero-order chi connectivity index (χ0) is 16.6. The van der Waals surface area contributed by atoms with E-state index in [0.717, 1.165) is 5.56 Å². The number of sulfone groups is 1. The molecule has 6 nitrogen and oxygen atoms in total. The van der Waals surface area contributed by atoms with E-state index < -0.39 is 21.7 Å². The van der Waals surface area contributed by atoms with Crippen LogP contribution in [0.15, 0.2) is 16.8 Å². The smallest absolute Gasteiger partial charge is 0.311 e. The van der Waals surface area contributed by atoms with Gasteiger partial charge in [0.2, 0.25) is 5.91 Å². The summed E-state index contributed by atoms with van der Waals surface area (Å²) in [6.07, 6.45) is 0.379. The van der Waals surface area contributed by atoms with Crippen molar-refractivity contribution in [2.24, 2.45) is 11.8 Å². The van der Waals surface area contributed by atoms with E-state index in [2.05, 4.69) is 0 Å². The van der Waals surface area contributed by atoms with Crippen molar-refractivity contribution in [3.63, 3.8) is 0 Å². The van der Waals surface area contributed by atoms with Gasteiger partial charge in [-0.05, 0) is 28.8 Å². The molecule has 0 saturated carbocycles. The van der Waals surface area contributed by atoms with E-state index in [9.17, 15) is 18.0 Å². The SMILES string of the molecule is COC(=O)[C@@H]1CN(C(=O)[C@H]2CCS(=O)(=O)C2)C[C@H]1c1ccsc1. The molecule has 0 spiro atoms. The van der Waals surface area contributed by atoms with Crippen LogP contribution >= 0.6 is 11.3 Å². The van der Waals surface area contributed by atoms with Gasteiger partial charge in [0.15, 0.2) is 9.84 Å². The van der Waals surface area contributed by atoms with Crippen LogP contribution in [0, 0.1) is 11.8 Å². The van der Waals surface area contributed by atoms with E-state index in [-0.39, 0.29) is 29.3 Å². The highest BCUT2D eigenvalue weighted by Gasteiger charge is 2.44. The van der Waals surface area contributed by atoms with E-state index in [1.165, 1.54) is 7.11 Å². The van der Waals surface area contributed by atoms with Crippen molar-refractivity contribution < 1.29 is 22.7 Å². The lowest BCUT2D eigenvalue weighted by Crippen LogP contribution is -2.35. The Balaban J connectivity index is 1.77. The third-order valence-corrected chi connectivity index (χ3v) is 7.16. The van der Waals surface area contributed by atoms with Crippen LogP contribution in [0.4, 0.5) is 0 Å². The third-order valence-electron chi connectivity index (χ3n) is 4.69. The Morgan fingerprint density at radius 3 is 2.70 bits per heavy atom. The molecule has 3 heterocycles. The summed E-state index contributed by atoms with van der Waals surface area (Å²) in [7, 11) is -1.75. The minimum absolute atomic E-state index is 0.0750. The predicted octanol–water partition coefficient (Wildman–Crippen LogP) is 0.898. The zero-order valence-corrected chi connectivity index (χ0v) is 14.4. The summed E-state index contributed by atoms with van der Waals surface area (Å²) in [6.45, 7) is 0.731. The third kappa shape index (κ3) is 3.28. The van der Waals surface area contributed by atoms with Gasteiger partial charge in [0.25, 0.3) is 0 Å². The molecule has 0 bridgehead atoms. The van der Waals surface area contributed by atoms with Gasteiger partial charge in [0.05, 0.1) is 30.5 Å². The van der Waals surface area contributed by atoms with E-state index >= 15 is 0 Å². The molecule has 1 aromatic heterocycles. The van der Waals surface area contributed by atoms with Crippen molar-refractivity contribution in [1.29, 1.82) is 0 Å². The van der Waals surface area contributed by atoms with E-state index in [4.69, 9.17) is 4.74 Å². The highest BCUT2D eigenvalue weighted by atomic mass is 32.2. The monoisotopic (exact) mass is 357 g/mol. The molecule has 0 aromatic carbocycles. The van der Waals surface area contributed by atoms with Crippen molar-refractivity contribution >= 4 is 33.1 Å². The van der Waals surface area contributed by atoms with Crippen molar-refractivity contribution in [3.05, 3.63) is 22.4 Å². The van der Waals surface area contributed by atoms with Crippen LogP contribution in [0.5, 0.6) is 0 Å². The second-order valence-electron chi connectivity index (χ2n) is 6.14. The fourth-order valence-corrected chi connectivity index (χ4v) is 5.90. The lowest BCUT2D eigenvalue weighted by molar-refractivity contribution is -0.145. The normalized spacial score (nSPS) is 29.6. The summed E-state index contributed by atoms with van der Waals surface area (Å²) < 4.78 is 28.1. The van der Waals surface area contributed by atoms with Crippen molar-refractivity contribution in [2.75, 3.05) is 31.7 Å². The molecule has 3 rings (SSSR count). The minimum Gasteiger partial charge on any atom is -0.469 e. The number of nitrogens with zero attached hydrogens (tertiary/aromatic N) is 1. The number of carbonyl (C=O) groups excluding carboxylic acids is 2. The molecule has 2 saturated heterocycles. The first kappa shape index (κ1) is 16.4. The molecule has 3 atom stereocenters. The molecule has 2 aliphatic heterocycles. The van der Waals surface area contributed by atoms with Crippen LogP contribution in [-0.4, -0.2) is 56.9 Å². The number of hydrogen-bond donors (Lipinski definition) is 0. The number of esters is 1. The van der Waals surface area contributed by atoms with Crippen LogP contribution in [0.1, 0.15) is 17.9 Å². The quantitative estimate of drug-likeness (QED) is 0.751. The Bertz CT molecular complexity index is 697. The van der Waals surface area contributed by atoms with Crippen LogP contribution < -0.4 is 0 Å². The molecule has 0 N–H and O–H groups in total. The number of amides is 1. The summed E-state index contributed by atoms with van der Waals surface area (Å²) in [5.41, 5.74) is 1.03. The largest absolute Gasteiger partial charge is 0.469 e. The minimum atomic E-state index is -3.10. The Morgan fingerprint density at radius 2 is 2.13 bits per heavy atom. The fourth-order valence-electron chi connectivity index (χ4n) is 3.45. The van der Waals surface area contributed by atoms with E-state index in [1.807, 2.05) is 16.8 Å². The second-order valence-corrected chi connectivity index (χ2v) is 9.14. The maximum absolute atomic E-state index is 12.6. The van der Waals surface area contributed by atoms with Crippen LogP contribution in [-0.2, 0) is 24.2 Å². The van der Waals surface area contributed by atoms with E-state index in [1.54, 1.807) is 16.2 Å². The number of carbonyl (C=O) groups is 2. The summed E-state index contributed by atoms with van der Waals surface area (Å²) >= 11 is 1.55. The lowest BCUT2D eigenvalue weighted by atomic mass is 9.91. The Morgan fingerprint density at radius 1 is 1.35 bits per heavy atom. The van der Waals surface area contributed by atoms with Gasteiger partial charge in [0.1, 0.15) is 0 Å². The Kier molecular flexibility index (Phi) is 4.46. The summed E-state index contributed by atoms with van der Waals surface area (Å²) in [5.74, 6) is -1.43. The van der Waals surface area contributed by atoms with Crippen LogP contribution in [0.25, 0.3) is 0 Å². The first-order valence-electron chi connectivity index (χ1n) is 7.50. The lowest BCUT2D eigenvalue weighted by Gasteiger charge is -2.19. The van der Waals surface area contributed by atoms with Crippen molar-refractivity contribution in [3.8, 4) is 0 Å². The van der Waals surface area contributed by atoms with Gasteiger partial charge in [-0.1, -0.05) is 0 Å². The summed E-state index contributed by atoms with van der Waals surface area (Å²) in [5, 5.41) is 3.92. The molecule has 0 aliphatic carbocycles. The number of hydrogen-bond acceptors (Lipinski definition) is 6. The Labute approximate surface area is 139 Å². The molecule has 0 radical (unpaired) electrons. The first-order valence-corrected chi connectivity index (χ1v) is 10.3. The number of thiophene rings is 1. The molecular formula is C15H19NO5S2. The van der Waals surface area contributed by atoms with Gasteiger partial charge in [-0.2, -0.15) is 11.3 Å². The van der Waals surface area contributed by atoms with Gasteiger partial charge in [-0.15, -0.1) is 0 Å². The van der Waals surface area contributed by atoms with Crippen molar-refractivity contribution in [2.45, 2.75) is 12.3 Å². The molecular weight excluding hydrogens is 338 g/mol. The zero-order valence-electron chi connectivity index (χ0n) is 12.8. The average molecular weight is 357 g/mol. The number of ether oxygens (including phenoxy) is 1. The highest BCUT2D eigenvalue weighted by molar-refractivity contribution is 7.91. The molecule has 8 heteroatoms. The standard InChI is InChI=1S/C15H19NO5S2/c1-21-15(18)13-7-16(6-12(13)10-2-4-22-8-10)14(17)11-3-5-23(19,20)9-11/h2,4,8,11-13H,3,5-7,9H2,1H3/t11-,12-,13+/m0/s1.